The minimum Gasteiger partial charge on any atom is -0.478 e. The van der Waals surface area contributed by atoms with E-state index in [-0.39, 0.29) is 16.5 Å². The number of aromatic carboxylic acids is 1. The van der Waals surface area contributed by atoms with Gasteiger partial charge >= 0.3 is 12.0 Å². The molecular weight excluding hydrogens is 294 g/mol. The van der Waals surface area contributed by atoms with Gasteiger partial charge in [-0.3, -0.25) is 4.79 Å². The Bertz CT molecular complexity index is 554. The molecule has 21 heavy (non-hydrogen) atoms. The van der Waals surface area contributed by atoms with Crippen molar-refractivity contribution in [1.82, 2.24) is 5.32 Å². The van der Waals surface area contributed by atoms with Crippen molar-refractivity contribution in [3.05, 3.63) is 16.5 Å². The topological polar surface area (TPSA) is 122 Å². The number of thiophene rings is 1. The summed E-state index contributed by atoms with van der Waals surface area (Å²) in [6.45, 7) is 5.41. The number of primary amides is 1. The molecule has 1 rings (SSSR count). The lowest BCUT2D eigenvalue weighted by molar-refractivity contribution is -0.118. The Balaban J connectivity index is 2.97. The lowest BCUT2D eigenvalue weighted by Crippen LogP contribution is -2.49. The van der Waals surface area contributed by atoms with E-state index in [9.17, 15) is 14.4 Å². The molecule has 116 valence electrons. The van der Waals surface area contributed by atoms with Crippen LogP contribution >= 0.6 is 11.3 Å². The minimum absolute atomic E-state index is 0.0479. The molecule has 0 aliphatic carbocycles. The first-order valence-corrected chi connectivity index (χ1v) is 7.30. The monoisotopic (exact) mass is 313 g/mol. The number of hydrogen-bond donors (Lipinski definition) is 4. The van der Waals surface area contributed by atoms with Gasteiger partial charge in [-0.2, -0.15) is 0 Å². The van der Waals surface area contributed by atoms with E-state index in [2.05, 4.69) is 10.6 Å². The summed E-state index contributed by atoms with van der Waals surface area (Å²) in [7, 11) is 0. The molecule has 1 heterocycles. The molecule has 0 radical (unpaired) electrons. The molecule has 1 atom stereocenters. The van der Waals surface area contributed by atoms with Crippen molar-refractivity contribution < 1.29 is 19.5 Å². The van der Waals surface area contributed by atoms with Crippen molar-refractivity contribution in [2.24, 2.45) is 11.7 Å². The van der Waals surface area contributed by atoms with Crippen LogP contribution in [0.4, 0.5) is 9.80 Å². The van der Waals surface area contributed by atoms with Crippen molar-refractivity contribution in [2.45, 2.75) is 33.2 Å². The molecule has 0 saturated carbocycles. The van der Waals surface area contributed by atoms with Crippen LogP contribution < -0.4 is 16.4 Å². The number of nitrogens with one attached hydrogen (secondary N) is 2. The summed E-state index contributed by atoms with van der Waals surface area (Å²) in [5.74, 6) is -1.78. The number of rotatable bonds is 6. The van der Waals surface area contributed by atoms with Gasteiger partial charge in [0.1, 0.15) is 11.0 Å². The quantitative estimate of drug-likeness (QED) is 0.637. The summed E-state index contributed by atoms with van der Waals surface area (Å²) in [5, 5.41) is 14.3. The molecule has 0 bridgehead atoms. The Morgan fingerprint density at radius 2 is 2.00 bits per heavy atom. The molecular formula is C13H19N3O4S. The fourth-order valence-corrected chi connectivity index (χ4v) is 2.74. The van der Waals surface area contributed by atoms with Crippen molar-refractivity contribution in [3.63, 3.8) is 0 Å². The van der Waals surface area contributed by atoms with Crippen molar-refractivity contribution >= 4 is 34.2 Å². The SMILES string of the molecule is CCc1cc(C(=O)O)c(NC(=O)C(NC(N)=O)C(C)C)s1. The Kier molecular flexibility index (Phi) is 5.71. The zero-order chi connectivity index (χ0) is 16.2. The summed E-state index contributed by atoms with van der Waals surface area (Å²) < 4.78 is 0. The summed E-state index contributed by atoms with van der Waals surface area (Å²) in [5.41, 5.74) is 5.09. The standard InChI is InChI=1S/C13H19N3O4S/c1-4-7-5-8(12(18)19)11(21-7)16-10(17)9(6(2)3)15-13(14)20/h5-6,9H,4H2,1-3H3,(H,16,17)(H,18,19)(H3,14,15,20). The van der Waals surface area contributed by atoms with Crippen LogP contribution in [-0.2, 0) is 11.2 Å². The zero-order valence-corrected chi connectivity index (χ0v) is 12.9. The molecule has 0 aromatic carbocycles. The molecule has 1 aromatic rings. The van der Waals surface area contributed by atoms with E-state index in [4.69, 9.17) is 10.8 Å². The third kappa shape index (κ3) is 4.45. The van der Waals surface area contributed by atoms with Gasteiger partial charge < -0.3 is 21.5 Å². The number of anilines is 1. The molecule has 0 aliphatic rings. The highest BCUT2D eigenvalue weighted by Gasteiger charge is 2.25. The van der Waals surface area contributed by atoms with Crippen LogP contribution in [0.3, 0.4) is 0 Å². The first kappa shape index (κ1) is 17.0. The second kappa shape index (κ2) is 7.07. The van der Waals surface area contributed by atoms with Crippen LogP contribution in [-0.4, -0.2) is 29.1 Å². The third-order valence-corrected chi connectivity index (χ3v) is 4.04. The van der Waals surface area contributed by atoms with Crippen molar-refractivity contribution in [3.8, 4) is 0 Å². The Morgan fingerprint density at radius 1 is 1.38 bits per heavy atom. The maximum atomic E-state index is 12.2. The van der Waals surface area contributed by atoms with Crippen molar-refractivity contribution in [1.29, 1.82) is 0 Å². The van der Waals surface area contributed by atoms with Gasteiger partial charge in [0.2, 0.25) is 5.91 Å². The predicted molar refractivity (Wildman–Crippen MR) is 80.6 cm³/mol. The van der Waals surface area contributed by atoms with Crippen LogP contribution in [0.2, 0.25) is 0 Å². The van der Waals surface area contributed by atoms with E-state index in [1.54, 1.807) is 13.8 Å². The average Bonchev–Trinajstić information content (AvgIpc) is 2.78. The van der Waals surface area contributed by atoms with E-state index in [1.165, 1.54) is 17.4 Å². The summed E-state index contributed by atoms with van der Waals surface area (Å²) in [6, 6.07) is -0.0897. The van der Waals surface area contributed by atoms with Gasteiger partial charge in [-0.25, -0.2) is 9.59 Å². The van der Waals surface area contributed by atoms with Crippen LogP contribution in [0.15, 0.2) is 6.07 Å². The normalized spacial score (nSPS) is 12.0. The van der Waals surface area contributed by atoms with Crippen LogP contribution in [0.25, 0.3) is 0 Å². The number of hydrogen-bond acceptors (Lipinski definition) is 4. The highest BCUT2D eigenvalue weighted by molar-refractivity contribution is 7.16. The number of amides is 3. The second-order valence-electron chi connectivity index (χ2n) is 4.83. The molecule has 8 heteroatoms. The van der Waals surface area contributed by atoms with Gasteiger partial charge in [0.05, 0.1) is 5.56 Å². The van der Waals surface area contributed by atoms with Gasteiger partial charge in [0.15, 0.2) is 0 Å². The molecule has 1 aromatic heterocycles. The van der Waals surface area contributed by atoms with Crippen LogP contribution in [0, 0.1) is 5.92 Å². The molecule has 5 N–H and O–H groups in total. The number of carbonyl (C=O) groups excluding carboxylic acids is 2. The number of nitrogens with two attached hydrogens (primary N) is 1. The van der Waals surface area contributed by atoms with E-state index in [1.807, 2.05) is 6.92 Å². The van der Waals surface area contributed by atoms with Gasteiger partial charge in [0, 0.05) is 4.88 Å². The van der Waals surface area contributed by atoms with E-state index < -0.39 is 23.9 Å². The first-order valence-electron chi connectivity index (χ1n) is 6.49. The number of urea groups is 1. The van der Waals surface area contributed by atoms with E-state index in [0.29, 0.717) is 6.42 Å². The first-order chi connectivity index (χ1) is 9.76. The molecule has 0 spiro atoms. The largest absolute Gasteiger partial charge is 0.478 e. The second-order valence-corrected chi connectivity index (χ2v) is 5.97. The van der Waals surface area contributed by atoms with Gasteiger partial charge in [-0.1, -0.05) is 20.8 Å². The summed E-state index contributed by atoms with van der Waals surface area (Å²) in [4.78, 5) is 35.2. The molecule has 7 nitrogen and oxygen atoms in total. The fourth-order valence-electron chi connectivity index (χ4n) is 1.75. The van der Waals surface area contributed by atoms with E-state index in [0.717, 1.165) is 4.88 Å². The summed E-state index contributed by atoms with van der Waals surface area (Å²) >= 11 is 1.21. The molecule has 1 unspecified atom stereocenters. The number of aryl methyl sites for hydroxylation is 1. The minimum atomic E-state index is -1.11. The molecule has 3 amide bonds. The van der Waals surface area contributed by atoms with Gasteiger partial charge in [-0.05, 0) is 18.4 Å². The van der Waals surface area contributed by atoms with Crippen LogP contribution in [0.1, 0.15) is 36.0 Å². The fraction of sp³-hybridized carbons (Fsp3) is 0.462. The third-order valence-electron chi connectivity index (χ3n) is 2.85. The average molecular weight is 313 g/mol. The summed E-state index contributed by atoms with van der Waals surface area (Å²) in [6.07, 6.45) is 0.675. The van der Waals surface area contributed by atoms with Gasteiger partial charge in [-0.15, -0.1) is 11.3 Å². The van der Waals surface area contributed by atoms with E-state index >= 15 is 0 Å². The van der Waals surface area contributed by atoms with Crippen LogP contribution in [0.5, 0.6) is 0 Å². The lowest BCUT2D eigenvalue weighted by atomic mass is 10.0. The molecule has 0 aliphatic heterocycles. The molecule has 0 saturated heterocycles. The van der Waals surface area contributed by atoms with Crippen molar-refractivity contribution in [2.75, 3.05) is 5.32 Å². The number of carboxylic acid groups (broad SMARTS) is 1. The highest BCUT2D eigenvalue weighted by Crippen LogP contribution is 2.29. The Hall–Kier alpha value is -2.09. The smallest absolute Gasteiger partial charge is 0.338 e. The maximum Gasteiger partial charge on any atom is 0.338 e. The number of carbonyl (C=O) groups is 3. The Morgan fingerprint density at radius 3 is 2.43 bits per heavy atom. The zero-order valence-electron chi connectivity index (χ0n) is 12.1. The maximum absolute atomic E-state index is 12.2. The van der Waals surface area contributed by atoms with Gasteiger partial charge in [0.25, 0.3) is 0 Å². The molecule has 0 fully saturated rings. The lowest BCUT2D eigenvalue weighted by Gasteiger charge is -2.20. The Labute approximate surface area is 126 Å². The highest BCUT2D eigenvalue weighted by atomic mass is 32.1. The number of carboxylic acids is 1. The predicted octanol–water partition coefficient (Wildman–Crippen LogP) is 1.64.